The first kappa shape index (κ1) is 30.3. The Bertz CT molecular complexity index is 1230. The largest absolute Gasteiger partial charge is 0.378 e. The van der Waals surface area contributed by atoms with Crippen LogP contribution in [-0.4, -0.2) is 91.9 Å². The SMILES string of the molecule is CC(C)N(C)[C@H]1CCN(S(=O)(=O)N[C@H]2CCN(c3cccnn3)C[C@H]2COC2CCC(c3cccc(F)c3)CC2)C1. The second kappa shape index (κ2) is 13.4. The molecule has 3 atom stereocenters. The minimum absolute atomic E-state index is 0.0294. The van der Waals surface area contributed by atoms with Crippen LogP contribution in [0, 0.1) is 11.7 Å². The highest BCUT2D eigenvalue weighted by molar-refractivity contribution is 7.87. The molecule has 2 aliphatic heterocycles. The zero-order valence-electron chi connectivity index (χ0n) is 24.5. The Balaban J connectivity index is 1.21. The second-order valence-corrected chi connectivity index (χ2v) is 13.9. The van der Waals surface area contributed by atoms with Gasteiger partial charge in [-0.25, -0.2) is 4.39 Å². The van der Waals surface area contributed by atoms with E-state index in [4.69, 9.17) is 4.74 Å². The Morgan fingerprint density at radius 1 is 1.07 bits per heavy atom. The molecule has 1 N–H and O–H groups in total. The van der Waals surface area contributed by atoms with Crippen LogP contribution >= 0.6 is 0 Å². The highest BCUT2D eigenvalue weighted by Crippen LogP contribution is 2.35. The first-order chi connectivity index (χ1) is 19.7. The lowest BCUT2D eigenvalue weighted by molar-refractivity contribution is -0.00226. The number of benzene rings is 1. The van der Waals surface area contributed by atoms with Gasteiger partial charge in [0.25, 0.3) is 10.2 Å². The number of anilines is 1. The highest BCUT2D eigenvalue weighted by atomic mass is 32.2. The molecule has 1 saturated carbocycles. The summed E-state index contributed by atoms with van der Waals surface area (Å²) in [5.74, 6) is 0.938. The topological polar surface area (TPSA) is 90.9 Å². The maximum atomic E-state index is 13.7. The van der Waals surface area contributed by atoms with Gasteiger partial charge in [0, 0.05) is 56.4 Å². The van der Waals surface area contributed by atoms with Crippen molar-refractivity contribution < 1.29 is 17.5 Å². The van der Waals surface area contributed by atoms with E-state index in [1.807, 2.05) is 18.2 Å². The predicted octanol–water partition coefficient (Wildman–Crippen LogP) is 3.80. The molecule has 2 saturated heterocycles. The van der Waals surface area contributed by atoms with Gasteiger partial charge in [0.1, 0.15) is 5.82 Å². The van der Waals surface area contributed by atoms with Crippen molar-refractivity contribution in [3.8, 4) is 0 Å². The van der Waals surface area contributed by atoms with Crippen molar-refractivity contribution in [2.24, 2.45) is 5.92 Å². The minimum atomic E-state index is -3.63. The molecule has 1 aromatic heterocycles. The summed E-state index contributed by atoms with van der Waals surface area (Å²) in [6.07, 6.45) is 7.03. The molecule has 5 rings (SSSR count). The maximum absolute atomic E-state index is 13.7. The van der Waals surface area contributed by atoms with Crippen LogP contribution in [0.1, 0.15) is 63.9 Å². The Labute approximate surface area is 244 Å². The summed E-state index contributed by atoms with van der Waals surface area (Å²) in [6.45, 7) is 7.13. The smallest absolute Gasteiger partial charge is 0.279 e. The number of hydrogen-bond acceptors (Lipinski definition) is 7. The van der Waals surface area contributed by atoms with Crippen molar-refractivity contribution in [1.29, 1.82) is 0 Å². The van der Waals surface area contributed by atoms with E-state index in [0.717, 1.165) is 43.5 Å². The molecule has 0 amide bonds. The van der Waals surface area contributed by atoms with Crippen molar-refractivity contribution in [2.45, 2.75) is 82.5 Å². The van der Waals surface area contributed by atoms with E-state index in [2.05, 4.69) is 45.6 Å². The quantitative estimate of drug-likeness (QED) is 0.452. The molecule has 3 heterocycles. The number of piperidine rings is 1. The third-order valence-electron chi connectivity index (χ3n) is 9.31. The van der Waals surface area contributed by atoms with Crippen LogP contribution in [0.5, 0.6) is 0 Å². The molecule has 226 valence electrons. The van der Waals surface area contributed by atoms with Crippen LogP contribution in [0.25, 0.3) is 0 Å². The molecule has 3 fully saturated rings. The van der Waals surface area contributed by atoms with Crippen molar-refractivity contribution >= 4 is 16.0 Å². The summed E-state index contributed by atoms with van der Waals surface area (Å²) in [4.78, 5) is 4.44. The van der Waals surface area contributed by atoms with Crippen molar-refractivity contribution in [3.05, 3.63) is 54.0 Å². The summed E-state index contributed by atoms with van der Waals surface area (Å²) in [5.41, 5.74) is 1.06. The van der Waals surface area contributed by atoms with Gasteiger partial charge >= 0.3 is 0 Å². The maximum Gasteiger partial charge on any atom is 0.279 e. The Kier molecular flexibility index (Phi) is 9.91. The van der Waals surface area contributed by atoms with E-state index in [9.17, 15) is 12.8 Å². The van der Waals surface area contributed by atoms with Crippen LogP contribution in [-0.2, 0) is 14.9 Å². The van der Waals surface area contributed by atoms with Crippen molar-refractivity contribution in [3.63, 3.8) is 0 Å². The van der Waals surface area contributed by atoms with Gasteiger partial charge in [0.15, 0.2) is 5.82 Å². The molecular formula is C30H45FN6O3S. The Morgan fingerprint density at radius 3 is 2.59 bits per heavy atom. The number of halogens is 1. The number of likely N-dealkylation sites (N-methyl/N-ethyl adjacent to an activating group) is 1. The van der Waals surface area contributed by atoms with Crippen molar-refractivity contribution in [2.75, 3.05) is 44.7 Å². The molecule has 0 bridgehead atoms. The molecule has 11 heteroatoms. The van der Waals surface area contributed by atoms with Gasteiger partial charge in [-0.15, -0.1) is 5.10 Å². The van der Waals surface area contributed by atoms with Gasteiger partial charge in [-0.05, 0) is 95.2 Å². The summed E-state index contributed by atoms with van der Waals surface area (Å²) >= 11 is 0. The van der Waals surface area contributed by atoms with Crippen LogP contribution in [0.2, 0.25) is 0 Å². The average molecular weight is 589 g/mol. The number of rotatable bonds is 10. The average Bonchev–Trinajstić information content (AvgIpc) is 3.48. The van der Waals surface area contributed by atoms with E-state index in [1.54, 1.807) is 22.6 Å². The van der Waals surface area contributed by atoms with Gasteiger partial charge in [-0.1, -0.05) is 12.1 Å². The van der Waals surface area contributed by atoms with E-state index >= 15 is 0 Å². The lowest BCUT2D eigenvalue weighted by atomic mass is 9.82. The summed E-state index contributed by atoms with van der Waals surface area (Å²) < 4.78 is 51.9. The fourth-order valence-electron chi connectivity index (χ4n) is 6.56. The molecule has 0 unspecified atom stereocenters. The molecule has 0 spiro atoms. The third kappa shape index (κ3) is 7.62. The zero-order chi connectivity index (χ0) is 29.0. The highest BCUT2D eigenvalue weighted by Gasteiger charge is 2.39. The summed E-state index contributed by atoms with van der Waals surface area (Å²) in [7, 11) is -1.56. The Morgan fingerprint density at radius 2 is 1.88 bits per heavy atom. The Hall–Kier alpha value is -2.18. The molecule has 41 heavy (non-hydrogen) atoms. The second-order valence-electron chi connectivity index (χ2n) is 12.2. The molecule has 0 radical (unpaired) electrons. The van der Waals surface area contributed by atoms with Gasteiger partial charge < -0.3 is 9.64 Å². The number of aromatic nitrogens is 2. The van der Waals surface area contributed by atoms with Gasteiger partial charge in [0.05, 0.1) is 12.7 Å². The van der Waals surface area contributed by atoms with E-state index in [0.29, 0.717) is 51.2 Å². The fraction of sp³-hybridized carbons (Fsp3) is 0.667. The predicted molar refractivity (Wildman–Crippen MR) is 158 cm³/mol. The van der Waals surface area contributed by atoms with Gasteiger partial charge in [-0.2, -0.15) is 22.5 Å². The number of ether oxygens (including phenoxy) is 1. The standard InChI is InChI=1S/C30H45FN6O3S/c1-22(2)35(3)27-13-17-37(20-27)41(38,39)34-29-14-16-36(30-8-5-15-32-33-30)19-25(29)21-40-28-11-9-23(10-12-28)24-6-4-7-26(31)18-24/h4-8,15,18,22-23,25,27-29,34H,9-14,16-17,19-21H2,1-3H3/t23?,25-,27-,28?,29-/m0/s1. The number of nitrogens with zero attached hydrogens (tertiary/aromatic N) is 5. The van der Waals surface area contributed by atoms with Gasteiger partial charge in [-0.3, -0.25) is 4.90 Å². The first-order valence-electron chi connectivity index (χ1n) is 15.1. The van der Waals surface area contributed by atoms with Crippen LogP contribution in [0.3, 0.4) is 0 Å². The fourth-order valence-corrected chi connectivity index (χ4v) is 8.11. The molecule has 2 aromatic rings. The van der Waals surface area contributed by atoms with Crippen LogP contribution in [0.15, 0.2) is 42.6 Å². The summed E-state index contributed by atoms with van der Waals surface area (Å²) in [6, 6.07) is 11.1. The molecule has 1 aromatic carbocycles. The molecule has 9 nitrogen and oxygen atoms in total. The lowest BCUT2D eigenvalue weighted by Gasteiger charge is -2.40. The minimum Gasteiger partial charge on any atom is -0.378 e. The van der Waals surface area contributed by atoms with Crippen LogP contribution in [0.4, 0.5) is 10.2 Å². The van der Waals surface area contributed by atoms with E-state index < -0.39 is 10.2 Å². The normalized spacial score (nSPS) is 28.0. The summed E-state index contributed by atoms with van der Waals surface area (Å²) in [5, 5.41) is 8.33. The number of nitrogens with one attached hydrogen (secondary N) is 1. The van der Waals surface area contributed by atoms with E-state index in [1.165, 1.54) is 6.07 Å². The third-order valence-corrected chi connectivity index (χ3v) is 10.9. The lowest BCUT2D eigenvalue weighted by Crippen LogP contribution is -2.55. The molecular weight excluding hydrogens is 543 g/mol. The van der Waals surface area contributed by atoms with Crippen molar-refractivity contribution in [1.82, 2.24) is 24.1 Å². The molecule has 1 aliphatic carbocycles. The first-order valence-corrected chi connectivity index (χ1v) is 16.5. The molecule has 3 aliphatic rings. The zero-order valence-corrected chi connectivity index (χ0v) is 25.3. The van der Waals surface area contributed by atoms with Crippen LogP contribution < -0.4 is 9.62 Å². The monoisotopic (exact) mass is 588 g/mol. The van der Waals surface area contributed by atoms with E-state index in [-0.39, 0.29) is 29.9 Å². The van der Waals surface area contributed by atoms with Gasteiger partial charge in [0.2, 0.25) is 0 Å². The number of hydrogen-bond donors (Lipinski definition) is 1.